The van der Waals surface area contributed by atoms with Gasteiger partial charge in [0.05, 0.1) is 11.3 Å². The maximum absolute atomic E-state index is 12.0. The number of anilines is 1. The highest BCUT2D eigenvalue weighted by molar-refractivity contribution is 9.10. The summed E-state index contributed by atoms with van der Waals surface area (Å²) < 4.78 is 0.724. The van der Waals surface area contributed by atoms with Gasteiger partial charge >= 0.3 is 11.8 Å². The van der Waals surface area contributed by atoms with Gasteiger partial charge in [0.15, 0.2) is 0 Å². The first-order chi connectivity index (χ1) is 9.61. The molecule has 0 aliphatic carbocycles. The number of benzene rings is 1. The van der Waals surface area contributed by atoms with E-state index < -0.39 is 11.8 Å². The molecule has 0 atom stereocenters. The van der Waals surface area contributed by atoms with E-state index in [1.807, 2.05) is 6.07 Å². The lowest BCUT2D eigenvalue weighted by molar-refractivity contribution is -0.143. The van der Waals surface area contributed by atoms with Gasteiger partial charge in [-0.05, 0) is 18.2 Å². The molecule has 2 N–H and O–H groups in total. The smallest absolute Gasteiger partial charge is 0.313 e. The second kappa shape index (κ2) is 6.50. The third-order valence-corrected chi connectivity index (χ3v) is 3.44. The number of carbonyl (C=O) groups is 2. The van der Waals surface area contributed by atoms with Crippen LogP contribution < -0.4 is 10.6 Å². The van der Waals surface area contributed by atoms with Crippen molar-refractivity contribution >= 4 is 33.4 Å². The third-order valence-electron chi connectivity index (χ3n) is 2.95. The number of piperazine rings is 1. The maximum Gasteiger partial charge on any atom is 0.313 e. The van der Waals surface area contributed by atoms with E-state index in [2.05, 4.69) is 26.6 Å². The summed E-state index contributed by atoms with van der Waals surface area (Å²) in [6.07, 6.45) is 0. The van der Waals surface area contributed by atoms with E-state index in [0.717, 1.165) is 4.47 Å². The third kappa shape index (κ3) is 3.35. The molecule has 20 heavy (non-hydrogen) atoms. The van der Waals surface area contributed by atoms with Crippen molar-refractivity contribution in [2.45, 2.75) is 0 Å². The average Bonchev–Trinajstić information content (AvgIpc) is 2.47. The van der Waals surface area contributed by atoms with Crippen LogP contribution in [0.4, 0.5) is 5.69 Å². The minimum atomic E-state index is -0.721. The Bertz CT molecular complexity index is 576. The molecular weight excluding hydrogens is 324 g/mol. The number of nitrogens with one attached hydrogen (secondary N) is 2. The summed E-state index contributed by atoms with van der Waals surface area (Å²) in [4.78, 5) is 25.4. The van der Waals surface area contributed by atoms with Gasteiger partial charge in [0, 0.05) is 30.7 Å². The number of hydrogen-bond acceptors (Lipinski definition) is 4. The zero-order valence-corrected chi connectivity index (χ0v) is 12.2. The van der Waals surface area contributed by atoms with Gasteiger partial charge in [0.2, 0.25) is 0 Å². The van der Waals surface area contributed by atoms with Crippen molar-refractivity contribution in [3.05, 3.63) is 28.2 Å². The molecule has 0 aromatic heterocycles. The minimum absolute atomic E-state index is 0.315. The van der Waals surface area contributed by atoms with Crippen LogP contribution in [0.25, 0.3) is 0 Å². The van der Waals surface area contributed by atoms with Crippen LogP contribution in [-0.4, -0.2) is 42.9 Å². The first-order valence-corrected chi connectivity index (χ1v) is 6.92. The summed E-state index contributed by atoms with van der Waals surface area (Å²) in [5, 5.41) is 14.6. The molecule has 0 spiro atoms. The summed E-state index contributed by atoms with van der Waals surface area (Å²) in [5.41, 5.74) is 0.644. The zero-order valence-electron chi connectivity index (χ0n) is 10.6. The summed E-state index contributed by atoms with van der Waals surface area (Å²) in [6.45, 7) is 2.38. The molecule has 2 rings (SSSR count). The van der Waals surface area contributed by atoms with Gasteiger partial charge < -0.3 is 15.5 Å². The number of halogens is 1. The highest BCUT2D eigenvalue weighted by Gasteiger charge is 2.23. The van der Waals surface area contributed by atoms with Crippen molar-refractivity contribution in [1.82, 2.24) is 10.2 Å². The second-order valence-corrected chi connectivity index (χ2v) is 5.21. The van der Waals surface area contributed by atoms with E-state index in [0.29, 0.717) is 37.4 Å². The summed E-state index contributed by atoms with van der Waals surface area (Å²) >= 11 is 3.26. The van der Waals surface area contributed by atoms with Crippen molar-refractivity contribution in [3.63, 3.8) is 0 Å². The van der Waals surface area contributed by atoms with Crippen LogP contribution in [0.15, 0.2) is 22.7 Å². The lowest BCUT2D eigenvalue weighted by Crippen LogP contribution is -2.49. The van der Waals surface area contributed by atoms with Gasteiger partial charge in [-0.2, -0.15) is 5.26 Å². The fourth-order valence-electron chi connectivity index (χ4n) is 1.90. The van der Waals surface area contributed by atoms with Crippen molar-refractivity contribution in [3.8, 4) is 6.07 Å². The molecule has 1 aliphatic heterocycles. The van der Waals surface area contributed by atoms with Crippen molar-refractivity contribution in [1.29, 1.82) is 5.26 Å². The van der Waals surface area contributed by atoms with Gasteiger partial charge in [-0.25, -0.2) is 0 Å². The monoisotopic (exact) mass is 336 g/mol. The molecule has 6 nitrogen and oxygen atoms in total. The van der Waals surface area contributed by atoms with Crippen LogP contribution in [0, 0.1) is 11.3 Å². The summed E-state index contributed by atoms with van der Waals surface area (Å²) in [7, 11) is 0. The van der Waals surface area contributed by atoms with E-state index in [1.165, 1.54) is 4.90 Å². The van der Waals surface area contributed by atoms with Gasteiger partial charge in [-0.15, -0.1) is 0 Å². The lowest BCUT2D eigenvalue weighted by atomic mass is 10.2. The number of hydrogen-bond donors (Lipinski definition) is 2. The number of rotatable bonds is 1. The Hall–Kier alpha value is -1.91. The predicted molar refractivity (Wildman–Crippen MR) is 76.9 cm³/mol. The second-order valence-electron chi connectivity index (χ2n) is 4.30. The molecule has 104 valence electrons. The highest BCUT2D eigenvalue weighted by Crippen LogP contribution is 2.20. The van der Waals surface area contributed by atoms with E-state index in [-0.39, 0.29) is 0 Å². The number of nitriles is 1. The maximum atomic E-state index is 12.0. The molecule has 1 aromatic rings. The molecule has 0 radical (unpaired) electrons. The van der Waals surface area contributed by atoms with Crippen LogP contribution in [0.2, 0.25) is 0 Å². The molecular formula is C13H13BrN4O2. The van der Waals surface area contributed by atoms with Crippen LogP contribution in [-0.2, 0) is 9.59 Å². The SMILES string of the molecule is N#Cc1ccc(Br)cc1NC(=O)C(=O)N1CCNCC1. The van der Waals surface area contributed by atoms with Gasteiger partial charge in [-0.1, -0.05) is 15.9 Å². The fraction of sp³-hybridized carbons (Fsp3) is 0.308. The van der Waals surface area contributed by atoms with Crippen LogP contribution >= 0.6 is 15.9 Å². The molecule has 1 saturated heterocycles. The fourth-order valence-corrected chi connectivity index (χ4v) is 2.27. The molecule has 7 heteroatoms. The first-order valence-electron chi connectivity index (χ1n) is 6.12. The van der Waals surface area contributed by atoms with E-state index in [1.54, 1.807) is 18.2 Å². The molecule has 2 amide bonds. The quantitative estimate of drug-likeness (QED) is 0.739. The zero-order chi connectivity index (χ0) is 14.5. The Morgan fingerprint density at radius 3 is 2.70 bits per heavy atom. The van der Waals surface area contributed by atoms with Crippen molar-refractivity contribution in [2.75, 3.05) is 31.5 Å². The molecule has 0 unspecified atom stereocenters. The average molecular weight is 337 g/mol. The Labute approximate surface area is 124 Å². The number of amides is 2. The van der Waals surface area contributed by atoms with Crippen LogP contribution in [0.1, 0.15) is 5.56 Å². The summed E-state index contributed by atoms with van der Waals surface area (Å²) in [5.74, 6) is -1.29. The van der Waals surface area contributed by atoms with E-state index >= 15 is 0 Å². The molecule has 1 aromatic carbocycles. The molecule has 1 heterocycles. The number of carbonyl (C=O) groups excluding carboxylic acids is 2. The highest BCUT2D eigenvalue weighted by atomic mass is 79.9. The van der Waals surface area contributed by atoms with E-state index in [4.69, 9.17) is 5.26 Å². The van der Waals surface area contributed by atoms with Crippen LogP contribution in [0.3, 0.4) is 0 Å². The Morgan fingerprint density at radius 2 is 2.05 bits per heavy atom. The molecule has 1 fully saturated rings. The van der Waals surface area contributed by atoms with Crippen LogP contribution in [0.5, 0.6) is 0 Å². The minimum Gasteiger partial charge on any atom is -0.332 e. The lowest BCUT2D eigenvalue weighted by Gasteiger charge is -2.26. The van der Waals surface area contributed by atoms with Crippen molar-refractivity contribution in [2.24, 2.45) is 0 Å². The van der Waals surface area contributed by atoms with Gasteiger partial charge in [0.1, 0.15) is 6.07 Å². The predicted octanol–water partition coefficient (Wildman–Crippen LogP) is 0.691. The Morgan fingerprint density at radius 1 is 1.35 bits per heavy atom. The number of nitrogens with zero attached hydrogens (tertiary/aromatic N) is 2. The first kappa shape index (κ1) is 14.5. The summed E-state index contributed by atoms with van der Waals surface area (Å²) in [6, 6.07) is 6.85. The topological polar surface area (TPSA) is 85.2 Å². The molecule has 0 saturated carbocycles. The Kier molecular flexibility index (Phi) is 4.71. The molecule has 0 bridgehead atoms. The normalized spacial score (nSPS) is 14.5. The largest absolute Gasteiger partial charge is 0.332 e. The van der Waals surface area contributed by atoms with Crippen molar-refractivity contribution < 1.29 is 9.59 Å². The van der Waals surface area contributed by atoms with Gasteiger partial charge in [-0.3, -0.25) is 9.59 Å². The molecule has 1 aliphatic rings. The van der Waals surface area contributed by atoms with E-state index in [9.17, 15) is 9.59 Å². The standard InChI is InChI=1S/C13H13BrN4O2/c14-10-2-1-9(8-15)11(7-10)17-12(19)13(20)18-5-3-16-4-6-18/h1-2,7,16H,3-6H2,(H,17,19). The van der Waals surface area contributed by atoms with Gasteiger partial charge in [0.25, 0.3) is 0 Å². The Balaban J connectivity index is 2.09.